The minimum absolute atomic E-state index is 0.0256. The van der Waals surface area contributed by atoms with Crippen LogP contribution in [0.15, 0.2) is 0 Å². The second-order valence-corrected chi connectivity index (χ2v) is 6.78. The molecular weight excluding hydrogens is 252 g/mol. The van der Waals surface area contributed by atoms with Crippen LogP contribution in [0.4, 0.5) is 0 Å². The van der Waals surface area contributed by atoms with Crippen LogP contribution in [-0.2, 0) is 18.5 Å². The Labute approximate surface area is 103 Å². The van der Waals surface area contributed by atoms with E-state index in [1.54, 1.807) is 7.11 Å². The molecule has 0 saturated carbocycles. The molecule has 0 fully saturated rings. The van der Waals surface area contributed by atoms with E-state index in [9.17, 15) is 8.42 Å². The summed E-state index contributed by atoms with van der Waals surface area (Å²) < 4.78 is 32.4. The summed E-state index contributed by atoms with van der Waals surface area (Å²) >= 11 is 0. The molecule has 0 heterocycles. The van der Waals surface area contributed by atoms with Crippen LogP contribution in [-0.4, -0.2) is 40.6 Å². The molecule has 0 aromatic carbocycles. The SMILES string of the molecule is CCCC(COC(C)COC)CS(=O)(=O)Cl. The number of rotatable bonds is 9. The molecule has 0 aliphatic carbocycles. The largest absolute Gasteiger partial charge is 0.382 e. The molecule has 2 atom stereocenters. The third-order valence-electron chi connectivity index (χ3n) is 2.15. The molecule has 0 rings (SSSR count). The van der Waals surface area contributed by atoms with Crippen molar-refractivity contribution in [3.8, 4) is 0 Å². The van der Waals surface area contributed by atoms with E-state index in [-0.39, 0.29) is 17.8 Å². The second kappa shape index (κ2) is 8.28. The Balaban J connectivity index is 4.03. The van der Waals surface area contributed by atoms with Crippen LogP contribution in [0.1, 0.15) is 26.7 Å². The fourth-order valence-corrected chi connectivity index (χ4v) is 2.85. The van der Waals surface area contributed by atoms with Gasteiger partial charge in [0.15, 0.2) is 0 Å². The highest BCUT2D eigenvalue weighted by atomic mass is 35.7. The lowest BCUT2D eigenvalue weighted by atomic mass is 10.1. The highest BCUT2D eigenvalue weighted by Crippen LogP contribution is 2.13. The fourth-order valence-electron chi connectivity index (χ4n) is 1.49. The summed E-state index contributed by atoms with van der Waals surface area (Å²) in [6, 6.07) is 0. The van der Waals surface area contributed by atoms with Crippen molar-refractivity contribution in [3.05, 3.63) is 0 Å². The summed E-state index contributed by atoms with van der Waals surface area (Å²) in [5.41, 5.74) is 0. The normalized spacial score (nSPS) is 16.0. The maximum absolute atomic E-state index is 11.0. The van der Waals surface area contributed by atoms with Crippen molar-refractivity contribution in [2.45, 2.75) is 32.8 Å². The number of halogens is 1. The lowest BCUT2D eigenvalue weighted by Gasteiger charge is -2.18. The Morgan fingerprint density at radius 3 is 2.38 bits per heavy atom. The van der Waals surface area contributed by atoms with Gasteiger partial charge >= 0.3 is 0 Å². The summed E-state index contributed by atoms with van der Waals surface area (Å²) in [6.45, 7) is 4.81. The first-order chi connectivity index (χ1) is 7.39. The molecule has 0 aromatic rings. The molecular formula is C10H21ClO4S. The van der Waals surface area contributed by atoms with Gasteiger partial charge in [-0.3, -0.25) is 0 Å². The van der Waals surface area contributed by atoms with Gasteiger partial charge in [-0.1, -0.05) is 13.3 Å². The quantitative estimate of drug-likeness (QED) is 0.603. The summed E-state index contributed by atoms with van der Waals surface area (Å²) in [4.78, 5) is 0. The fraction of sp³-hybridized carbons (Fsp3) is 1.00. The molecule has 0 aromatic heterocycles. The molecule has 0 N–H and O–H groups in total. The summed E-state index contributed by atoms with van der Waals surface area (Å²) in [7, 11) is 3.39. The van der Waals surface area contributed by atoms with Crippen LogP contribution in [0, 0.1) is 5.92 Å². The van der Waals surface area contributed by atoms with Crippen molar-refractivity contribution in [3.63, 3.8) is 0 Å². The maximum atomic E-state index is 11.0. The molecule has 0 aliphatic rings. The highest BCUT2D eigenvalue weighted by Gasteiger charge is 2.17. The smallest absolute Gasteiger partial charge is 0.232 e. The molecule has 0 aliphatic heterocycles. The van der Waals surface area contributed by atoms with Crippen molar-refractivity contribution >= 4 is 19.7 Å². The number of ether oxygens (including phenoxy) is 2. The van der Waals surface area contributed by atoms with Crippen LogP contribution in [0.3, 0.4) is 0 Å². The predicted octanol–water partition coefficient (Wildman–Crippen LogP) is 2.02. The third-order valence-corrected chi connectivity index (χ3v) is 3.40. The number of hydrogen-bond donors (Lipinski definition) is 0. The van der Waals surface area contributed by atoms with E-state index < -0.39 is 9.05 Å². The van der Waals surface area contributed by atoms with Gasteiger partial charge in [0, 0.05) is 17.8 Å². The van der Waals surface area contributed by atoms with Crippen molar-refractivity contribution in [2.75, 3.05) is 26.1 Å². The lowest BCUT2D eigenvalue weighted by molar-refractivity contribution is -0.00493. The topological polar surface area (TPSA) is 52.6 Å². The molecule has 98 valence electrons. The van der Waals surface area contributed by atoms with E-state index in [2.05, 4.69) is 0 Å². The van der Waals surface area contributed by atoms with Crippen molar-refractivity contribution in [1.29, 1.82) is 0 Å². The van der Waals surface area contributed by atoms with Gasteiger partial charge in [-0.25, -0.2) is 8.42 Å². The molecule has 16 heavy (non-hydrogen) atoms. The Bertz CT molecular complexity index is 266. The van der Waals surface area contributed by atoms with E-state index in [0.717, 1.165) is 12.8 Å². The molecule has 0 radical (unpaired) electrons. The first kappa shape index (κ1) is 16.2. The average molecular weight is 273 g/mol. The van der Waals surface area contributed by atoms with Gasteiger partial charge < -0.3 is 9.47 Å². The van der Waals surface area contributed by atoms with E-state index in [1.165, 1.54) is 0 Å². The molecule has 0 amide bonds. The zero-order valence-electron chi connectivity index (χ0n) is 10.1. The maximum Gasteiger partial charge on any atom is 0.232 e. The Morgan fingerprint density at radius 2 is 1.94 bits per heavy atom. The van der Waals surface area contributed by atoms with Crippen molar-refractivity contribution in [2.24, 2.45) is 5.92 Å². The van der Waals surface area contributed by atoms with E-state index in [0.29, 0.717) is 13.2 Å². The van der Waals surface area contributed by atoms with Gasteiger partial charge in [0.05, 0.1) is 25.1 Å². The lowest BCUT2D eigenvalue weighted by Crippen LogP contribution is -2.23. The summed E-state index contributed by atoms with van der Waals surface area (Å²) in [5, 5.41) is 0. The molecule has 0 spiro atoms. The zero-order valence-corrected chi connectivity index (χ0v) is 11.7. The molecule has 4 nitrogen and oxygen atoms in total. The van der Waals surface area contributed by atoms with Gasteiger partial charge in [-0.05, 0) is 19.3 Å². The monoisotopic (exact) mass is 272 g/mol. The Morgan fingerprint density at radius 1 is 1.31 bits per heavy atom. The second-order valence-electron chi connectivity index (χ2n) is 3.96. The minimum atomic E-state index is -3.44. The standard InChI is InChI=1S/C10H21ClO4S/c1-4-5-10(8-16(11,12)13)7-15-9(2)6-14-3/h9-10H,4-8H2,1-3H3. The molecule has 6 heteroatoms. The molecule has 2 unspecified atom stereocenters. The summed E-state index contributed by atoms with van der Waals surface area (Å²) in [5.74, 6) is -0.0611. The zero-order chi connectivity index (χ0) is 12.6. The predicted molar refractivity (Wildman–Crippen MR) is 65.3 cm³/mol. The van der Waals surface area contributed by atoms with Gasteiger partial charge in [0.1, 0.15) is 0 Å². The third kappa shape index (κ3) is 9.39. The van der Waals surface area contributed by atoms with Gasteiger partial charge in [-0.15, -0.1) is 0 Å². The van der Waals surface area contributed by atoms with Gasteiger partial charge in [0.25, 0.3) is 0 Å². The van der Waals surface area contributed by atoms with Crippen LogP contribution in [0.2, 0.25) is 0 Å². The Kier molecular flexibility index (Phi) is 8.36. The van der Waals surface area contributed by atoms with E-state index in [4.69, 9.17) is 20.2 Å². The molecule has 0 bridgehead atoms. The minimum Gasteiger partial charge on any atom is -0.382 e. The number of hydrogen-bond acceptors (Lipinski definition) is 4. The van der Waals surface area contributed by atoms with Crippen LogP contribution < -0.4 is 0 Å². The van der Waals surface area contributed by atoms with Crippen LogP contribution in [0.5, 0.6) is 0 Å². The molecule has 0 saturated heterocycles. The van der Waals surface area contributed by atoms with Crippen LogP contribution >= 0.6 is 10.7 Å². The van der Waals surface area contributed by atoms with E-state index in [1.807, 2.05) is 13.8 Å². The number of methoxy groups -OCH3 is 1. The highest BCUT2D eigenvalue weighted by molar-refractivity contribution is 8.13. The van der Waals surface area contributed by atoms with Gasteiger partial charge in [-0.2, -0.15) is 0 Å². The van der Waals surface area contributed by atoms with Crippen LogP contribution in [0.25, 0.3) is 0 Å². The first-order valence-electron chi connectivity index (χ1n) is 5.42. The Hall–Kier alpha value is 0.160. The first-order valence-corrected chi connectivity index (χ1v) is 7.89. The summed E-state index contributed by atoms with van der Waals surface area (Å²) in [6.07, 6.45) is 1.69. The van der Waals surface area contributed by atoms with Gasteiger partial charge in [0.2, 0.25) is 9.05 Å². The van der Waals surface area contributed by atoms with E-state index >= 15 is 0 Å². The average Bonchev–Trinajstić information content (AvgIpc) is 2.13. The van der Waals surface area contributed by atoms with Crippen molar-refractivity contribution in [1.82, 2.24) is 0 Å². The van der Waals surface area contributed by atoms with Crippen molar-refractivity contribution < 1.29 is 17.9 Å².